The number of nitrogen functional groups attached to an aromatic ring is 1. The van der Waals surface area contributed by atoms with Crippen LogP contribution in [0, 0.1) is 34.9 Å². The maximum Gasteiger partial charge on any atom is 0.343 e. The van der Waals surface area contributed by atoms with Crippen LogP contribution < -0.4 is 15.9 Å². The fraction of sp³-hybridized carbons (Fsp3) is 0.137. The first kappa shape index (κ1) is 49.2. The molecular formula is C51H39F6N3O10. The Labute approximate surface area is 392 Å². The summed E-state index contributed by atoms with van der Waals surface area (Å²) >= 11 is 0. The number of ether oxygens (including phenoxy) is 3. The normalized spacial score (nSPS) is 11.5. The molecule has 4 heterocycles. The lowest BCUT2D eigenvalue weighted by molar-refractivity contribution is -0.138. The van der Waals surface area contributed by atoms with Crippen LogP contribution in [0.3, 0.4) is 0 Å². The number of carbonyl (C=O) groups excluding carboxylic acids is 3. The Morgan fingerprint density at radius 3 is 1.90 bits per heavy atom. The van der Waals surface area contributed by atoms with Gasteiger partial charge < -0.3 is 43.4 Å². The highest BCUT2D eigenvalue weighted by atomic mass is 19.2. The summed E-state index contributed by atoms with van der Waals surface area (Å²) in [4.78, 5) is 50.5. The molecule has 3 N–H and O–H groups in total. The van der Waals surface area contributed by atoms with E-state index in [1.54, 1.807) is 31.2 Å². The van der Waals surface area contributed by atoms with Crippen molar-refractivity contribution in [2.75, 3.05) is 33.0 Å². The van der Waals surface area contributed by atoms with Gasteiger partial charge in [-0.2, -0.15) is 4.39 Å². The van der Waals surface area contributed by atoms with Gasteiger partial charge in [0.25, 0.3) is 0 Å². The number of halogens is 6. The number of carbonyl (C=O) groups is 3. The largest absolute Gasteiger partial charge is 0.506 e. The van der Waals surface area contributed by atoms with Gasteiger partial charge in [0.1, 0.15) is 44.7 Å². The van der Waals surface area contributed by atoms with E-state index in [2.05, 4.69) is 4.74 Å². The van der Waals surface area contributed by atoms with Gasteiger partial charge in [0.15, 0.2) is 40.6 Å². The predicted octanol–water partition coefficient (Wildman–Crippen LogP) is 11.4. The Bertz CT molecular complexity index is 3690. The topological polar surface area (TPSA) is 177 Å². The van der Waals surface area contributed by atoms with E-state index in [9.17, 15) is 50.6 Å². The summed E-state index contributed by atoms with van der Waals surface area (Å²) in [7, 11) is 2.93. The molecule has 0 fully saturated rings. The number of hydrogen-bond donors (Lipinski definition) is 2. The number of nitrogens with two attached hydrogens (primary N) is 1. The molecule has 1 aliphatic heterocycles. The molecule has 0 unspecified atom stereocenters. The van der Waals surface area contributed by atoms with Crippen LogP contribution in [0.2, 0.25) is 0 Å². The SMILES string of the molecule is C.CCOC(=O)/C(=C\N(C)C)C(=O)c1cc(F)c(F)c(F)c1F.CCOC(=O)c1cn2c3c(c(F)c(F)cc3c1=O)Oc1cc3c(cc1-2)oc1ccccc13.Nc1cc2oc3ccccc3c2cc1O. The number of furan rings is 2. The number of nitrogens with zero attached hydrogens (tertiary/aromatic N) is 2. The first-order chi connectivity index (χ1) is 32.9. The summed E-state index contributed by atoms with van der Waals surface area (Å²) in [5.74, 6) is -13.6. The molecule has 9 aromatic rings. The summed E-state index contributed by atoms with van der Waals surface area (Å²) < 4.78 is 110. The maximum absolute atomic E-state index is 14.7. The van der Waals surface area contributed by atoms with Crippen LogP contribution in [-0.4, -0.2) is 59.6 Å². The molecule has 0 aliphatic carbocycles. The second kappa shape index (κ2) is 19.5. The van der Waals surface area contributed by atoms with Crippen LogP contribution in [0.25, 0.3) is 60.5 Å². The van der Waals surface area contributed by atoms with Crippen LogP contribution in [-0.2, 0) is 14.3 Å². The number of fused-ring (bicyclic) bond motifs is 8. The number of aromatic nitrogens is 1. The number of anilines is 1. The molecule has 0 bridgehead atoms. The molecule has 0 saturated carbocycles. The molecule has 360 valence electrons. The summed E-state index contributed by atoms with van der Waals surface area (Å²) in [6, 6.07) is 22.7. The Kier molecular flexibility index (Phi) is 13.7. The highest BCUT2D eigenvalue weighted by Crippen LogP contribution is 2.45. The maximum atomic E-state index is 14.7. The number of benzene rings is 6. The zero-order valence-electron chi connectivity index (χ0n) is 36.5. The number of phenolic OH excluding ortho intramolecular Hbond substituents is 1. The van der Waals surface area contributed by atoms with Gasteiger partial charge in [0.2, 0.25) is 17.0 Å². The molecule has 19 heteroatoms. The van der Waals surface area contributed by atoms with Crippen molar-refractivity contribution in [2.24, 2.45) is 0 Å². The summed E-state index contributed by atoms with van der Waals surface area (Å²) in [6.07, 6.45) is 2.28. The molecule has 3 aromatic heterocycles. The fourth-order valence-electron chi connectivity index (χ4n) is 7.49. The zero-order valence-corrected chi connectivity index (χ0v) is 36.5. The molecular weight excluding hydrogens is 929 g/mol. The van der Waals surface area contributed by atoms with E-state index in [4.69, 9.17) is 24.0 Å². The molecule has 0 saturated heterocycles. The average molecular weight is 968 g/mol. The molecule has 0 spiro atoms. The van der Waals surface area contributed by atoms with Gasteiger partial charge in [-0.15, -0.1) is 0 Å². The Morgan fingerprint density at radius 1 is 0.700 bits per heavy atom. The van der Waals surface area contributed by atoms with Gasteiger partial charge in [0.05, 0.1) is 35.5 Å². The summed E-state index contributed by atoms with van der Waals surface area (Å²) in [6.45, 7) is 3.08. The Balaban J connectivity index is 0.000000165. The van der Waals surface area contributed by atoms with Gasteiger partial charge in [0, 0.05) is 60.2 Å². The summed E-state index contributed by atoms with van der Waals surface area (Å²) in [5, 5.41) is 12.8. The standard InChI is InChI=1S/C24H13F2NO5.C14H13F4NO3.C12H9NO2.CH4/c1-2-30-24(29)14-10-27-16-9-18-12(11-5-3-4-6-17(11)31-18)8-19(16)32-23-20(26)15(25)7-13(21(23)27)22(14)28;1-4-22-14(21)8(6-19(2)3)13(20)7-5-9(15)11(17)12(18)10(7)16;13-9-6-12-8(5-10(9)14)7-3-1-2-4-11(7)15-12;/h3-10H,2H2,1H3;5-6H,4H2,1-3H3;1-6,14H,13H2;1H4/b;8-6-;;. The lowest BCUT2D eigenvalue weighted by atomic mass is 10.0. The Morgan fingerprint density at radius 2 is 1.29 bits per heavy atom. The number of hydrogen-bond acceptors (Lipinski definition) is 12. The second-order valence-corrected chi connectivity index (χ2v) is 15.3. The van der Waals surface area contributed by atoms with Crippen molar-refractivity contribution in [2.45, 2.75) is 21.3 Å². The van der Waals surface area contributed by atoms with E-state index in [1.807, 2.05) is 48.5 Å². The van der Waals surface area contributed by atoms with E-state index in [-0.39, 0.29) is 54.7 Å². The van der Waals surface area contributed by atoms with Gasteiger partial charge in [-0.05, 0) is 50.2 Å². The third-order valence-electron chi connectivity index (χ3n) is 10.6. The van der Waals surface area contributed by atoms with Crippen molar-refractivity contribution >= 4 is 78.2 Å². The van der Waals surface area contributed by atoms with Crippen LogP contribution in [0.5, 0.6) is 17.2 Å². The second-order valence-electron chi connectivity index (χ2n) is 15.3. The number of Topliss-reactive ketones (excluding diaryl/α,β-unsaturated/α-hetero) is 1. The first-order valence-corrected chi connectivity index (χ1v) is 20.6. The lowest BCUT2D eigenvalue weighted by Crippen LogP contribution is -2.22. The van der Waals surface area contributed by atoms with Crippen molar-refractivity contribution in [1.82, 2.24) is 9.47 Å². The first-order valence-electron chi connectivity index (χ1n) is 20.6. The zero-order chi connectivity index (χ0) is 49.6. The number of esters is 2. The minimum absolute atomic E-state index is 0. The quantitative estimate of drug-likeness (QED) is 0.0148. The number of aromatic hydroxyl groups is 1. The van der Waals surface area contributed by atoms with E-state index in [1.165, 1.54) is 36.7 Å². The van der Waals surface area contributed by atoms with Crippen molar-refractivity contribution in [3.8, 4) is 22.9 Å². The van der Waals surface area contributed by atoms with E-state index >= 15 is 0 Å². The molecule has 0 atom stereocenters. The monoisotopic (exact) mass is 967 g/mol. The minimum atomic E-state index is -2.13. The van der Waals surface area contributed by atoms with Crippen molar-refractivity contribution in [1.29, 1.82) is 0 Å². The molecule has 0 radical (unpaired) electrons. The smallest absolute Gasteiger partial charge is 0.343 e. The van der Waals surface area contributed by atoms with Crippen molar-refractivity contribution < 1.29 is 68.9 Å². The molecule has 0 amide bonds. The predicted molar refractivity (Wildman–Crippen MR) is 248 cm³/mol. The van der Waals surface area contributed by atoms with E-state index in [0.717, 1.165) is 39.4 Å². The van der Waals surface area contributed by atoms with Gasteiger partial charge in [-0.25, -0.2) is 31.5 Å². The average Bonchev–Trinajstić information content (AvgIpc) is 3.87. The van der Waals surface area contributed by atoms with Crippen LogP contribution in [0.1, 0.15) is 42.0 Å². The molecule has 10 rings (SSSR count). The van der Waals surface area contributed by atoms with Crippen molar-refractivity contribution in [3.63, 3.8) is 0 Å². The van der Waals surface area contributed by atoms with Crippen LogP contribution in [0.15, 0.2) is 117 Å². The molecule has 6 aromatic carbocycles. The lowest BCUT2D eigenvalue weighted by Gasteiger charge is -2.24. The Hall–Kier alpha value is -8.74. The number of rotatable bonds is 7. The van der Waals surface area contributed by atoms with Gasteiger partial charge in [-0.1, -0.05) is 43.8 Å². The van der Waals surface area contributed by atoms with Gasteiger partial charge >= 0.3 is 11.9 Å². The summed E-state index contributed by atoms with van der Waals surface area (Å²) in [5.41, 5.74) is 6.23. The highest BCUT2D eigenvalue weighted by molar-refractivity contribution is 6.24. The number of para-hydroxylation sites is 2. The number of phenols is 1. The minimum Gasteiger partial charge on any atom is -0.506 e. The van der Waals surface area contributed by atoms with Gasteiger partial charge in [-0.3, -0.25) is 9.59 Å². The van der Waals surface area contributed by atoms with Crippen LogP contribution >= 0.6 is 0 Å². The number of ketones is 1. The molecule has 13 nitrogen and oxygen atoms in total. The number of pyridine rings is 1. The highest BCUT2D eigenvalue weighted by Gasteiger charge is 2.31. The third-order valence-corrected chi connectivity index (χ3v) is 10.6. The van der Waals surface area contributed by atoms with Crippen LogP contribution in [0.4, 0.5) is 32.0 Å². The fourth-order valence-corrected chi connectivity index (χ4v) is 7.49. The van der Waals surface area contributed by atoms with E-state index < -0.39 is 74.9 Å². The third kappa shape index (κ3) is 8.79. The molecule has 1 aliphatic rings. The van der Waals surface area contributed by atoms with E-state index in [0.29, 0.717) is 28.1 Å². The molecule has 70 heavy (non-hydrogen) atoms. The van der Waals surface area contributed by atoms with Crippen molar-refractivity contribution in [3.05, 3.63) is 159 Å².